The van der Waals surface area contributed by atoms with E-state index in [1.807, 2.05) is 36.4 Å². The summed E-state index contributed by atoms with van der Waals surface area (Å²) >= 11 is 6.04. The van der Waals surface area contributed by atoms with Crippen LogP contribution in [0.1, 0.15) is 44.4 Å². The minimum absolute atomic E-state index is 0.0447. The quantitative estimate of drug-likeness (QED) is 0.799. The Morgan fingerprint density at radius 2 is 1.92 bits per heavy atom. The molecule has 26 heavy (non-hydrogen) atoms. The molecule has 0 aliphatic carbocycles. The molecule has 0 amide bonds. The number of halogens is 1. The lowest BCUT2D eigenvalue weighted by Crippen LogP contribution is -2.45. The first kappa shape index (κ1) is 18.7. The van der Waals surface area contributed by atoms with Gasteiger partial charge in [0.15, 0.2) is 5.90 Å². The molecule has 0 bridgehead atoms. The standard InChI is InChI=1S/C21H25ClN2O2/c1-21(2,3)24-18-13-17(14-7-9-15(22)10-8-14)23-20(25-4)12-16(18)19-6-5-11-26-19/h5-11,13,16,18,24H,12H2,1-4H3/t16-,18-/m0/s1. The van der Waals surface area contributed by atoms with E-state index in [4.69, 9.17) is 25.7 Å². The van der Waals surface area contributed by atoms with Gasteiger partial charge in [-0.3, -0.25) is 0 Å². The van der Waals surface area contributed by atoms with Crippen LogP contribution in [0.5, 0.6) is 0 Å². The molecule has 0 unspecified atom stereocenters. The third-order valence-corrected chi connectivity index (χ3v) is 4.55. The molecule has 1 aliphatic rings. The van der Waals surface area contributed by atoms with E-state index in [0.717, 1.165) is 17.0 Å². The Bertz CT molecular complexity index is 786. The van der Waals surface area contributed by atoms with Crippen LogP contribution in [0.2, 0.25) is 5.02 Å². The Kier molecular flexibility index (Phi) is 5.54. The van der Waals surface area contributed by atoms with Crippen LogP contribution in [0.4, 0.5) is 0 Å². The van der Waals surface area contributed by atoms with Gasteiger partial charge in [0.2, 0.25) is 0 Å². The van der Waals surface area contributed by atoms with E-state index in [1.54, 1.807) is 13.4 Å². The highest BCUT2D eigenvalue weighted by molar-refractivity contribution is 6.30. The SMILES string of the molecule is COC1=NC(c2ccc(Cl)cc2)=C[C@H](NC(C)(C)C)[C@@H](c2ccco2)C1. The van der Waals surface area contributed by atoms with Crippen LogP contribution in [-0.2, 0) is 4.74 Å². The number of benzene rings is 1. The zero-order valence-electron chi connectivity index (χ0n) is 15.6. The van der Waals surface area contributed by atoms with Crippen molar-refractivity contribution in [2.75, 3.05) is 7.11 Å². The highest BCUT2D eigenvalue weighted by Gasteiger charge is 2.31. The summed E-state index contributed by atoms with van der Waals surface area (Å²) in [6.07, 6.45) is 4.53. The van der Waals surface area contributed by atoms with Crippen molar-refractivity contribution in [2.24, 2.45) is 4.99 Å². The monoisotopic (exact) mass is 372 g/mol. The summed E-state index contributed by atoms with van der Waals surface area (Å²) in [4.78, 5) is 4.77. The Morgan fingerprint density at radius 1 is 1.19 bits per heavy atom. The smallest absolute Gasteiger partial charge is 0.188 e. The van der Waals surface area contributed by atoms with Crippen LogP contribution in [0.15, 0.2) is 58.1 Å². The van der Waals surface area contributed by atoms with Crippen molar-refractivity contribution in [3.05, 3.63) is 65.1 Å². The van der Waals surface area contributed by atoms with E-state index in [0.29, 0.717) is 17.3 Å². The van der Waals surface area contributed by atoms with Gasteiger partial charge < -0.3 is 14.5 Å². The number of rotatable bonds is 3. The van der Waals surface area contributed by atoms with E-state index >= 15 is 0 Å². The summed E-state index contributed by atoms with van der Waals surface area (Å²) in [6, 6.07) is 11.7. The lowest BCUT2D eigenvalue weighted by atomic mass is 9.90. The van der Waals surface area contributed by atoms with Gasteiger partial charge in [0.1, 0.15) is 5.76 Å². The summed E-state index contributed by atoms with van der Waals surface area (Å²) in [5, 5.41) is 4.41. The third-order valence-electron chi connectivity index (χ3n) is 4.29. The van der Waals surface area contributed by atoms with Gasteiger partial charge in [0, 0.05) is 34.5 Å². The molecule has 1 aliphatic heterocycles. The Morgan fingerprint density at radius 3 is 2.50 bits per heavy atom. The molecular formula is C21H25ClN2O2. The van der Waals surface area contributed by atoms with Crippen molar-refractivity contribution < 1.29 is 9.15 Å². The van der Waals surface area contributed by atoms with Crippen LogP contribution < -0.4 is 5.32 Å². The van der Waals surface area contributed by atoms with Gasteiger partial charge >= 0.3 is 0 Å². The summed E-state index contributed by atoms with van der Waals surface area (Å²) in [5.41, 5.74) is 1.81. The molecule has 2 atom stereocenters. The average Bonchev–Trinajstić information content (AvgIpc) is 3.04. The molecule has 5 heteroatoms. The minimum Gasteiger partial charge on any atom is -0.484 e. The number of nitrogens with zero attached hydrogens (tertiary/aromatic N) is 1. The number of ether oxygens (including phenoxy) is 1. The zero-order chi connectivity index (χ0) is 18.7. The molecule has 1 aromatic carbocycles. The van der Waals surface area contributed by atoms with Crippen molar-refractivity contribution in [1.82, 2.24) is 5.32 Å². The first-order chi connectivity index (χ1) is 12.4. The maximum absolute atomic E-state index is 6.04. The van der Waals surface area contributed by atoms with Gasteiger partial charge in [-0.1, -0.05) is 23.7 Å². The molecule has 2 aromatic rings. The second-order valence-corrected chi connectivity index (χ2v) is 7.95. The molecular weight excluding hydrogens is 348 g/mol. The lowest BCUT2D eigenvalue weighted by molar-refractivity contribution is 0.323. The van der Waals surface area contributed by atoms with Crippen LogP contribution >= 0.6 is 11.6 Å². The summed E-state index contributed by atoms with van der Waals surface area (Å²) in [6.45, 7) is 6.47. The maximum Gasteiger partial charge on any atom is 0.188 e. The van der Waals surface area contributed by atoms with E-state index in [2.05, 4.69) is 32.2 Å². The average molecular weight is 373 g/mol. The van der Waals surface area contributed by atoms with Gasteiger partial charge in [-0.05, 0) is 51.1 Å². The molecule has 4 nitrogen and oxygen atoms in total. The largest absolute Gasteiger partial charge is 0.484 e. The summed E-state index contributed by atoms with van der Waals surface area (Å²) in [5.74, 6) is 1.70. The minimum atomic E-state index is -0.0608. The second-order valence-electron chi connectivity index (χ2n) is 7.51. The molecule has 0 saturated carbocycles. The van der Waals surface area contributed by atoms with Crippen molar-refractivity contribution >= 4 is 23.2 Å². The molecule has 1 aromatic heterocycles. The van der Waals surface area contributed by atoms with Crippen LogP contribution in [0.3, 0.4) is 0 Å². The normalized spacial score (nSPS) is 21.0. The van der Waals surface area contributed by atoms with Gasteiger partial charge in [-0.2, -0.15) is 0 Å². The van der Waals surface area contributed by atoms with Gasteiger partial charge in [-0.25, -0.2) is 4.99 Å². The number of methoxy groups -OCH3 is 1. The number of aliphatic imine (C=N–C) groups is 1. The Labute approximate surface area is 159 Å². The number of nitrogens with one attached hydrogen (secondary N) is 1. The van der Waals surface area contributed by atoms with Crippen molar-refractivity contribution in [2.45, 2.75) is 44.7 Å². The maximum atomic E-state index is 6.04. The molecule has 3 rings (SSSR count). The van der Waals surface area contributed by atoms with Crippen LogP contribution in [0.25, 0.3) is 5.70 Å². The van der Waals surface area contributed by atoms with Gasteiger partial charge in [-0.15, -0.1) is 0 Å². The first-order valence-corrected chi connectivity index (χ1v) is 9.14. The lowest BCUT2D eigenvalue weighted by Gasteiger charge is -2.31. The molecule has 0 saturated heterocycles. The van der Waals surface area contributed by atoms with Gasteiger partial charge in [0.05, 0.1) is 19.1 Å². The molecule has 0 spiro atoms. The fraction of sp³-hybridized carbons (Fsp3) is 0.381. The molecule has 2 heterocycles. The molecule has 1 N–H and O–H groups in total. The van der Waals surface area contributed by atoms with Crippen LogP contribution in [0, 0.1) is 0 Å². The Hall–Kier alpha value is -2.04. The fourth-order valence-electron chi connectivity index (χ4n) is 3.15. The second kappa shape index (κ2) is 7.68. The van der Waals surface area contributed by atoms with Crippen molar-refractivity contribution in [3.8, 4) is 0 Å². The fourth-order valence-corrected chi connectivity index (χ4v) is 3.28. The highest BCUT2D eigenvalue weighted by atomic mass is 35.5. The summed E-state index contributed by atoms with van der Waals surface area (Å²) in [7, 11) is 1.66. The van der Waals surface area contributed by atoms with Gasteiger partial charge in [0.25, 0.3) is 0 Å². The highest BCUT2D eigenvalue weighted by Crippen LogP contribution is 2.33. The first-order valence-electron chi connectivity index (χ1n) is 8.76. The predicted octanol–water partition coefficient (Wildman–Crippen LogP) is 5.26. The summed E-state index contributed by atoms with van der Waals surface area (Å²) < 4.78 is 11.3. The van der Waals surface area contributed by atoms with Crippen molar-refractivity contribution in [3.63, 3.8) is 0 Å². The van der Waals surface area contributed by atoms with Crippen LogP contribution in [-0.4, -0.2) is 24.6 Å². The zero-order valence-corrected chi connectivity index (χ0v) is 16.4. The van der Waals surface area contributed by atoms with E-state index < -0.39 is 0 Å². The van der Waals surface area contributed by atoms with E-state index in [1.165, 1.54) is 0 Å². The molecule has 138 valence electrons. The van der Waals surface area contributed by atoms with E-state index in [9.17, 15) is 0 Å². The molecule has 0 radical (unpaired) electrons. The topological polar surface area (TPSA) is 46.8 Å². The number of hydrogen-bond donors (Lipinski definition) is 1. The third kappa shape index (κ3) is 4.57. The molecule has 0 fully saturated rings. The van der Waals surface area contributed by atoms with Crippen molar-refractivity contribution in [1.29, 1.82) is 0 Å². The predicted molar refractivity (Wildman–Crippen MR) is 107 cm³/mol. The Balaban J connectivity index is 2.06. The number of hydrogen-bond acceptors (Lipinski definition) is 4. The number of furan rings is 1. The van der Waals surface area contributed by atoms with E-state index in [-0.39, 0.29) is 17.5 Å².